The van der Waals surface area contributed by atoms with Crippen LogP contribution in [0.1, 0.15) is 0 Å². The summed E-state index contributed by atoms with van der Waals surface area (Å²) < 4.78 is 0. The first-order chi connectivity index (χ1) is 20.8. The van der Waals surface area contributed by atoms with E-state index in [4.69, 9.17) is 9.97 Å². The van der Waals surface area contributed by atoms with E-state index in [2.05, 4.69) is 145 Å². The highest BCUT2D eigenvalue weighted by molar-refractivity contribution is 5.94. The number of rotatable bonds is 4. The Hall–Kier alpha value is -5.67. The Kier molecular flexibility index (Phi) is 5.79. The molecule has 42 heavy (non-hydrogen) atoms. The Bertz CT molecular complexity index is 2150. The van der Waals surface area contributed by atoms with Crippen LogP contribution in [0, 0.1) is 0 Å². The van der Waals surface area contributed by atoms with E-state index >= 15 is 0 Å². The third-order valence-electron chi connectivity index (χ3n) is 7.90. The zero-order valence-corrected chi connectivity index (χ0v) is 22.8. The van der Waals surface area contributed by atoms with Crippen LogP contribution in [0.25, 0.3) is 77.5 Å². The molecule has 0 fully saturated rings. The summed E-state index contributed by atoms with van der Waals surface area (Å²) >= 11 is 0. The fourth-order valence-electron chi connectivity index (χ4n) is 5.71. The topological polar surface area (TPSA) is 38.7 Å². The Balaban J connectivity index is 1.27. The highest BCUT2D eigenvalue weighted by atomic mass is 14.9. The lowest BCUT2D eigenvalue weighted by atomic mass is 9.99. The number of nitrogens with zero attached hydrogens (tertiary/aromatic N) is 3. The van der Waals surface area contributed by atoms with Crippen molar-refractivity contribution >= 4 is 32.4 Å². The molecule has 0 bridgehead atoms. The smallest absolute Gasteiger partial charge is 0.160 e. The minimum absolute atomic E-state index is 0.712. The highest BCUT2D eigenvalue weighted by Crippen LogP contribution is 2.33. The van der Waals surface area contributed by atoms with Gasteiger partial charge in [0.05, 0.1) is 16.9 Å². The first-order valence-corrected chi connectivity index (χ1v) is 14.1. The van der Waals surface area contributed by atoms with Gasteiger partial charge in [0.15, 0.2) is 5.82 Å². The second-order valence-electron chi connectivity index (χ2n) is 10.5. The largest absolute Gasteiger partial charge is 0.256 e. The van der Waals surface area contributed by atoms with E-state index in [9.17, 15) is 0 Å². The first-order valence-electron chi connectivity index (χ1n) is 14.1. The Morgan fingerprint density at radius 2 is 0.905 bits per heavy atom. The molecule has 0 amide bonds. The molecule has 0 saturated carbocycles. The quantitative estimate of drug-likeness (QED) is 0.225. The van der Waals surface area contributed by atoms with Crippen LogP contribution in [0.15, 0.2) is 152 Å². The van der Waals surface area contributed by atoms with Crippen LogP contribution in [0.2, 0.25) is 0 Å². The van der Waals surface area contributed by atoms with E-state index in [-0.39, 0.29) is 0 Å². The van der Waals surface area contributed by atoms with E-state index in [0.717, 1.165) is 50.1 Å². The molecule has 8 aromatic rings. The van der Waals surface area contributed by atoms with Gasteiger partial charge in [0.1, 0.15) is 0 Å². The number of aromatic nitrogens is 3. The van der Waals surface area contributed by atoms with Gasteiger partial charge in [-0.15, -0.1) is 0 Å². The van der Waals surface area contributed by atoms with Crippen LogP contribution in [0.5, 0.6) is 0 Å². The van der Waals surface area contributed by atoms with Gasteiger partial charge in [-0.1, -0.05) is 121 Å². The highest BCUT2D eigenvalue weighted by Gasteiger charge is 2.13. The molecule has 3 nitrogen and oxygen atoms in total. The van der Waals surface area contributed by atoms with E-state index in [1.165, 1.54) is 21.5 Å². The van der Waals surface area contributed by atoms with Crippen molar-refractivity contribution in [3.8, 4) is 45.0 Å². The van der Waals surface area contributed by atoms with Crippen molar-refractivity contribution in [1.82, 2.24) is 15.0 Å². The molecule has 0 aliphatic heterocycles. The Labute approximate surface area is 243 Å². The maximum atomic E-state index is 5.10. The van der Waals surface area contributed by atoms with Crippen LogP contribution in [-0.2, 0) is 0 Å². The standard InChI is InChI=1S/C39H25N3/c1-3-9-31-23-33(20-14-26(31)7-1)37-25-36(41-39(42-37)34-21-15-27-8-2-4-10-32(27)24-34)29-18-16-28(17-19-29)35-13-5-11-30-12-6-22-40-38(30)35/h1-25H. The van der Waals surface area contributed by atoms with Gasteiger partial charge in [-0.2, -0.15) is 0 Å². The maximum absolute atomic E-state index is 5.10. The van der Waals surface area contributed by atoms with Gasteiger partial charge >= 0.3 is 0 Å². The second-order valence-corrected chi connectivity index (χ2v) is 10.5. The molecule has 6 aromatic carbocycles. The fraction of sp³-hybridized carbons (Fsp3) is 0. The monoisotopic (exact) mass is 535 g/mol. The van der Waals surface area contributed by atoms with Crippen LogP contribution >= 0.6 is 0 Å². The summed E-state index contributed by atoms with van der Waals surface area (Å²) in [6.45, 7) is 0. The van der Waals surface area contributed by atoms with Gasteiger partial charge < -0.3 is 0 Å². The molecular formula is C39H25N3. The molecule has 0 aliphatic rings. The van der Waals surface area contributed by atoms with Crippen molar-refractivity contribution in [2.24, 2.45) is 0 Å². The SMILES string of the molecule is c1ccc2cc(-c3cc(-c4ccc(-c5cccc6cccnc56)cc4)nc(-c4ccc5ccccc5c4)n3)ccc2c1. The van der Waals surface area contributed by atoms with Crippen molar-refractivity contribution in [2.75, 3.05) is 0 Å². The van der Waals surface area contributed by atoms with Crippen molar-refractivity contribution in [2.45, 2.75) is 0 Å². The minimum atomic E-state index is 0.712. The molecule has 0 radical (unpaired) electrons. The van der Waals surface area contributed by atoms with Crippen LogP contribution in [-0.4, -0.2) is 15.0 Å². The minimum Gasteiger partial charge on any atom is -0.256 e. The lowest BCUT2D eigenvalue weighted by Gasteiger charge is -2.11. The molecule has 0 saturated heterocycles. The first kappa shape index (κ1) is 24.2. The molecule has 0 unspecified atom stereocenters. The van der Waals surface area contributed by atoms with Crippen LogP contribution in [0.3, 0.4) is 0 Å². The lowest BCUT2D eigenvalue weighted by molar-refractivity contribution is 1.18. The number of benzene rings is 6. The third kappa shape index (κ3) is 4.38. The summed E-state index contributed by atoms with van der Waals surface area (Å²) in [7, 11) is 0. The van der Waals surface area contributed by atoms with E-state index in [0.29, 0.717) is 5.82 Å². The summed E-state index contributed by atoms with van der Waals surface area (Å²) in [5.74, 6) is 0.712. The summed E-state index contributed by atoms with van der Waals surface area (Å²) in [6.07, 6.45) is 1.85. The van der Waals surface area contributed by atoms with Gasteiger partial charge in [-0.05, 0) is 51.4 Å². The zero-order chi connectivity index (χ0) is 27.9. The fourth-order valence-corrected chi connectivity index (χ4v) is 5.71. The zero-order valence-electron chi connectivity index (χ0n) is 22.8. The van der Waals surface area contributed by atoms with E-state index in [1.54, 1.807) is 0 Å². The van der Waals surface area contributed by atoms with Crippen LogP contribution < -0.4 is 0 Å². The Morgan fingerprint density at radius 1 is 0.357 bits per heavy atom. The van der Waals surface area contributed by atoms with E-state index in [1.807, 2.05) is 12.3 Å². The normalized spacial score (nSPS) is 11.3. The third-order valence-corrected chi connectivity index (χ3v) is 7.90. The van der Waals surface area contributed by atoms with Gasteiger partial charge in [0.25, 0.3) is 0 Å². The van der Waals surface area contributed by atoms with Crippen molar-refractivity contribution in [3.63, 3.8) is 0 Å². The lowest BCUT2D eigenvalue weighted by Crippen LogP contribution is -1.96. The van der Waals surface area contributed by atoms with Crippen molar-refractivity contribution in [1.29, 1.82) is 0 Å². The molecule has 0 N–H and O–H groups in total. The molecule has 0 atom stereocenters. The number of pyridine rings is 1. The number of para-hydroxylation sites is 1. The van der Waals surface area contributed by atoms with Crippen molar-refractivity contribution in [3.05, 3.63) is 152 Å². The average Bonchev–Trinajstić information content (AvgIpc) is 3.07. The molecule has 0 spiro atoms. The van der Waals surface area contributed by atoms with Crippen LogP contribution in [0.4, 0.5) is 0 Å². The molecular weight excluding hydrogens is 510 g/mol. The van der Waals surface area contributed by atoms with E-state index < -0.39 is 0 Å². The molecule has 8 rings (SSSR count). The summed E-state index contributed by atoms with van der Waals surface area (Å²) in [5, 5.41) is 5.91. The number of hydrogen-bond acceptors (Lipinski definition) is 3. The van der Waals surface area contributed by atoms with Crippen molar-refractivity contribution < 1.29 is 0 Å². The predicted octanol–water partition coefficient (Wildman–Crippen LogP) is 10.00. The maximum Gasteiger partial charge on any atom is 0.160 e. The molecule has 2 aromatic heterocycles. The van der Waals surface area contributed by atoms with Gasteiger partial charge in [0.2, 0.25) is 0 Å². The number of fused-ring (bicyclic) bond motifs is 3. The Morgan fingerprint density at radius 3 is 1.64 bits per heavy atom. The molecule has 3 heteroatoms. The summed E-state index contributed by atoms with van der Waals surface area (Å²) in [6, 6.07) is 50.9. The summed E-state index contributed by atoms with van der Waals surface area (Å²) in [5.41, 5.74) is 8.15. The van der Waals surface area contributed by atoms with Gasteiger partial charge in [-0.3, -0.25) is 4.98 Å². The predicted molar refractivity (Wildman–Crippen MR) is 174 cm³/mol. The molecule has 196 valence electrons. The second kappa shape index (κ2) is 10.1. The average molecular weight is 536 g/mol. The number of hydrogen-bond donors (Lipinski definition) is 0. The molecule has 0 aliphatic carbocycles. The summed E-state index contributed by atoms with van der Waals surface area (Å²) in [4.78, 5) is 14.8. The van der Waals surface area contributed by atoms with Gasteiger partial charge in [-0.25, -0.2) is 9.97 Å². The molecule has 2 heterocycles. The van der Waals surface area contributed by atoms with Gasteiger partial charge in [0, 0.05) is 33.8 Å².